The minimum absolute atomic E-state index is 0.0629. The first kappa shape index (κ1) is 21.5. The van der Waals surface area contributed by atoms with E-state index in [-0.39, 0.29) is 5.57 Å². The number of nitriles is 1. The molecule has 0 unspecified atom stereocenters. The van der Waals surface area contributed by atoms with Gasteiger partial charge in [0, 0.05) is 11.3 Å². The van der Waals surface area contributed by atoms with Crippen LogP contribution in [0.1, 0.15) is 36.5 Å². The highest BCUT2D eigenvalue weighted by Crippen LogP contribution is 2.31. The summed E-state index contributed by atoms with van der Waals surface area (Å²) in [5, 5.41) is 13.2. The molecule has 0 atom stereocenters. The van der Waals surface area contributed by atoms with E-state index in [0.29, 0.717) is 11.6 Å². The number of aromatic nitrogens is 1. The molecule has 0 aliphatic heterocycles. The van der Waals surface area contributed by atoms with Crippen LogP contribution in [0.2, 0.25) is 0 Å². The van der Waals surface area contributed by atoms with Crippen LogP contribution in [0.25, 0.3) is 26.9 Å². The maximum atomic E-state index is 12.6. The van der Waals surface area contributed by atoms with Gasteiger partial charge in [0.05, 0.1) is 10.2 Å². The summed E-state index contributed by atoms with van der Waals surface area (Å²) in [5.74, 6) is 0.00487. The zero-order valence-electron chi connectivity index (χ0n) is 18.2. The molecule has 0 fully saturated rings. The second kappa shape index (κ2) is 9.17. The minimum atomic E-state index is -0.427. The molecule has 0 spiro atoms. The van der Waals surface area contributed by atoms with Crippen molar-refractivity contribution in [2.75, 3.05) is 5.32 Å². The number of amides is 1. The molecule has 0 aliphatic carbocycles. The fourth-order valence-electron chi connectivity index (χ4n) is 3.34. The van der Waals surface area contributed by atoms with Crippen LogP contribution in [0, 0.1) is 18.3 Å². The molecule has 0 bridgehead atoms. The number of hydrogen-bond donors (Lipinski definition) is 1. The van der Waals surface area contributed by atoms with Crippen LogP contribution in [-0.4, -0.2) is 10.9 Å². The molecular weight excluding hydrogens is 414 g/mol. The van der Waals surface area contributed by atoms with E-state index in [9.17, 15) is 10.1 Å². The van der Waals surface area contributed by atoms with Crippen LogP contribution in [0.3, 0.4) is 0 Å². The van der Waals surface area contributed by atoms with Crippen LogP contribution in [-0.2, 0) is 4.79 Å². The number of thiazole rings is 1. The minimum Gasteiger partial charge on any atom is -0.321 e. The monoisotopic (exact) mass is 437 g/mol. The number of fused-ring (bicyclic) bond motifs is 1. The van der Waals surface area contributed by atoms with Crippen LogP contribution in [0.4, 0.5) is 5.69 Å². The van der Waals surface area contributed by atoms with Crippen molar-refractivity contribution in [1.29, 1.82) is 5.26 Å². The Morgan fingerprint density at radius 2 is 1.78 bits per heavy atom. The number of anilines is 1. The van der Waals surface area contributed by atoms with Gasteiger partial charge in [-0.2, -0.15) is 5.26 Å². The topological polar surface area (TPSA) is 65.8 Å². The Morgan fingerprint density at radius 3 is 2.44 bits per heavy atom. The van der Waals surface area contributed by atoms with Crippen LogP contribution >= 0.6 is 11.3 Å². The van der Waals surface area contributed by atoms with Crippen molar-refractivity contribution in [3.63, 3.8) is 0 Å². The third-order valence-corrected chi connectivity index (χ3v) is 6.28. The molecule has 5 heteroatoms. The standard InChI is InChI=1S/C27H23N3OS/c1-17(2)20-7-5-19(6-8-20)15-22(16-28)26(31)29-23-11-9-21(10-12-23)27-30-24-13-4-18(3)14-25(24)32-27/h4-15,17H,1-3H3,(H,29,31)/b22-15+. The number of benzene rings is 3. The summed E-state index contributed by atoms with van der Waals surface area (Å²) in [6, 6.07) is 23.6. The molecule has 0 saturated heterocycles. The second-order valence-electron chi connectivity index (χ2n) is 8.01. The molecule has 158 valence electrons. The summed E-state index contributed by atoms with van der Waals surface area (Å²) >= 11 is 1.65. The van der Waals surface area contributed by atoms with Crippen LogP contribution in [0.5, 0.6) is 0 Å². The number of nitrogens with zero attached hydrogens (tertiary/aromatic N) is 2. The summed E-state index contributed by atoms with van der Waals surface area (Å²) in [6.45, 7) is 6.32. The molecule has 0 aliphatic rings. The highest BCUT2D eigenvalue weighted by molar-refractivity contribution is 7.21. The Kier molecular flexibility index (Phi) is 6.16. The number of hydrogen-bond acceptors (Lipinski definition) is 4. The molecule has 0 saturated carbocycles. The predicted molar refractivity (Wildman–Crippen MR) is 133 cm³/mol. The first-order chi connectivity index (χ1) is 15.4. The van der Waals surface area contributed by atoms with Crippen LogP contribution in [0.15, 0.2) is 72.3 Å². The third kappa shape index (κ3) is 4.77. The summed E-state index contributed by atoms with van der Waals surface area (Å²) in [6.07, 6.45) is 1.61. The van der Waals surface area contributed by atoms with Gasteiger partial charge in [-0.15, -0.1) is 11.3 Å². The highest BCUT2D eigenvalue weighted by atomic mass is 32.1. The Bertz CT molecular complexity index is 1340. The van der Waals surface area contributed by atoms with Gasteiger partial charge in [-0.3, -0.25) is 4.79 Å². The van der Waals surface area contributed by atoms with Crippen molar-refractivity contribution in [2.24, 2.45) is 0 Å². The SMILES string of the molecule is Cc1ccc2nc(-c3ccc(NC(=O)/C(C#N)=C/c4ccc(C(C)C)cc4)cc3)sc2c1. The van der Waals surface area contributed by atoms with E-state index in [1.807, 2.05) is 60.7 Å². The number of carbonyl (C=O) groups excluding carboxylic acids is 1. The van der Waals surface area contributed by atoms with E-state index < -0.39 is 5.91 Å². The lowest BCUT2D eigenvalue weighted by Crippen LogP contribution is -2.13. The molecule has 3 aromatic carbocycles. The molecule has 0 radical (unpaired) electrons. The van der Waals surface area contributed by atoms with Gasteiger partial charge in [-0.25, -0.2) is 4.98 Å². The third-order valence-electron chi connectivity index (χ3n) is 5.21. The maximum absolute atomic E-state index is 12.6. The van der Waals surface area contributed by atoms with E-state index in [2.05, 4.69) is 38.2 Å². The molecule has 1 aromatic heterocycles. The van der Waals surface area contributed by atoms with Crippen molar-refractivity contribution in [1.82, 2.24) is 4.98 Å². The van der Waals surface area contributed by atoms with E-state index in [0.717, 1.165) is 26.4 Å². The molecule has 4 aromatic rings. The van der Waals surface area contributed by atoms with Gasteiger partial charge < -0.3 is 5.32 Å². The number of nitrogens with one attached hydrogen (secondary N) is 1. The van der Waals surface area contributed by atoms with Crippen molar-refractivity contribution in [3.8, 4) is 16.6 Å². The van der Waals surface area contributed by atoms with E-state index in [4.69, 9.17) is 4.98 Å². The Hall–Kier alpha value is -3.75. The number of aryl methyl sites for hydroxylation is 1. The summed E-state index contributed by atoms with van der Waals surface area (Å²) in [7, 11) is 0. The van der Waals surface area contributed by atoms with Crippen LogP contribution < -0.4 is 5.32 Å². The number of rotatable bonds is 5. The summed E-state index contributed by atoms with van der Waals surface area (Å²) in [4.78, 5) is 17.3. The zero-order valence-corrected chi connectivity index (χ0v) is 19.0. The van der Waals surface area contributed by atoms with Gasteiger partial charge in [-0.1, -0.05) is 44.2 Å². The Morgan fingerprint density at radius 1 is 1.06 bits per heavy atom. The average molecular weight is 438 g/mol. The van der Waals surface area contributed by atoms with Gasteiger partial charge in [-0.05, 0) is 72.0 Å². The second-order valence-corrected chi connectivity index (χ2v) is 9.04. The Labute approximate surface area is 191 Å². The normalized spacial score (nSPS) is 11.5. The largest absolute Gasteiger partial charge is 0.321 e. The van der Waals surface area contributed by atoms with Crippen molar-refractivity contribution in [3.05, 3.63) is 89.0 Å². The van der Waals surface area contributed by atoms with E-state index in [1.54, 1.807) is 17.4 Å². The first-order valence-electron chi connectivity index (χ1n) is 10.4. The van der Waals surface area contributed by atoms with Crippen molar-refractivity contribution < 1.29 is 4.79 Å². The van der Waals surface area contributed by atoms with E-state index >= 15 is 0 Å². The van der Waals surface area contributed by atoms with Gasteiger partial charge >= 0.3 is 0 Å². The zero-order chi connectivity index (χ0) is 22.7. The molecule has 32 heavy (non-hydrogen) atoms. The van der Waals surface area contributed by atoms with E-state index in [1.165, 1.54) is 11.1 Å². The molecule has 1 amide bonds. The van der Waals surface area contributed by atoms with Crippen molar-refractivity contribution >= 4 is 39.2 Å². The quantitative estimate of drug-likeness (QED) is 0.272. The lowest BCUT2D eigenvalue weighted by molar-refractivity contribution is -0.112. The lowest BCUT2D eigenvalue weighted by Gasteiger charge is -2.06. The molecule has 4 rings (SSSR count). The van der Waals surface area contributed by atoms with Gasteiger partial charge in [0.15, 0.2) is 0 Å². The predicted octanol–water partition coefficient (Wildman–Crippen LogP) is 6.94. The average Bonchev–Trinajstić information content (AvgIpc) is 3.21. The van der Waals surface area contributed by atoms with Gasteiger partial charge in [0.1, 0.15) is 16.6 Å². The maximum Gasteiger partial charge on any atom is 0.266 e. The molecule has 4 nitrogen and oxygen atoms in total. The first-order valence-corrected chi connectivity index (χ1v) is 11.3. The summed E-state index contributed by atoms with van der Waals surface area (Å²) < 4.78 is 1.16. The fourth-order valence-corrected chi connectivity index (χ4v) is 4.41. The van der Waals surface area contributed by atoms with Gasteiger partial charge in [0.25, 0.3) is 5.91 Å². The summed E-state index contributed by atoms with van der Waals surface area (Å²) in [5.41, 5.74) is 5.92. The van der Waals surface area contributed by atoms with Gasteiger partial charge in [0.2, 0.25) is 0 Å². The number of carbonyl (C=O) groups is 1. The highest BCUT2D eigenvalue weighted by Gasteiger charge is 2.11. The molecule has 1 N–H and O–H groups in total. The lowest BCUT2D eigenvalue weighted by atomic mass is 10.0. The fraction of sp³-hybridized carbons (Fsp3) is 0.148. The molecular formula is C27H23N3OS. The van der Waals surface area contributed by atoms with Crippen molar-refractivity contribution in [2.45, 2.75) is 26.7 Å². The smallest absolute Gasteiger partial charge is 0.266 e. The Balaban J connectivity index is 1.49. The molecule has 1 heterocycles.